The molecular weight excluding hydrogens is 511 g/mol. The molecule has 40 heavy (non-hydrogen) atoms. The number of piperidine rings is 1. The molecule has 0 bridgehead atoms. The number of nitrogens with one attached hydrogen (secondary N) is 2. The number of piperazine rings is 1. The average Bonchev–Trinajstić information content (AvgIpc) is 2.95. The van der Waals surface area contributed by atoms with Crippen LogP contribution in [0.1, 0.15) is 55.2 Å². The largest absolute Gasteiger partial charge is 0.381 e. The smallest absolute Gasteiger partial charge is 0.271 e. The van der Waals surface area contributed by atoms with Crippen molar-refractivity contribution in [3.63, 3.8) is 0 Å². The van der Waals surface area contributed by atoms with Crippen LogP contribution in [0.25, 0.3) is 0 Å². The van der Waals surface area contributed by atoms with E-state index >= 15 is 4.39 Å². The van der Waals surface area contributed by atoms with Gasteiger partial charge in [0.25, 0.3) is 5.91 Å². The van der Waals surface area contributed by atoms with Crippen molar-refractivity contribution in [2.75, 3.05) is 75.1 Å². The number of aryl methyl sites for hydroxylation is 1. The fraction of sp³-hybridized carbons (Fsp3) is 0.621. The topological polar surface area (TPSA) is 112 Å². The first-order chi connectivity index (χ1) is 19.4. The Morgan fingerprint density at radius 3 is 2.42 bits per heavy atom. The van der Waals surface area contributed by atoms with E-state index in [1.54, 1.807) is 6.07 Å². The summed E-state index contributed by atoms with van der Waals surface area (Å²) < 4.78 is 20.9. The van der Waals surface area contributed by atoms with E-state index in [-0.39, 0.29) is 23.4 Å². The number of hydrogen-bond acceptors (Lipinski definition) is 9. The minimum Gasteiger partial charge on any atom is -0.381 e. The van der Waals surface area contributed by atoms with Gasteiger partial charge < -0.3 is 30.9 Å². The molecule has 1 aromatic heterocycles. The third-order valence-electron chi connectivity index (χ3n) is 8.32. The molecule has 0 atom stereocenters. The normalized spacial score (nSPS) is 20.0. The number of ether oxygens (including phenoxy) is 1. The minimum atomic E-state index is -0.676. The highest BCUT2D eigenvalue weighted by Crippen LogP contribution is 2.29. The predicted octanol–water partition coefficient (Wildman–Crippen LogP) is 3.22. The number of amides is 1. The van der Waals surface area contributed by atoms with Crippen molar-refractivity contribution in [3.05, 3.63) is 35.4 Å². The number of rotatable bonds is 9. The second-order valence-electron chi connectivity index (χ2n) is 11.2. The van der Waals surface area contributed by atoms with Gasteiger partial charge in [-0.1, -0.05) is 13.3 Å². The molecule has 1 amide bonds. The van der Waals surface area contributed by atoms with Crippen LogP contribution in [0.2, 0.25) is 0 Å². The monoisotopic (exact) mass is 554 g/mol. The van der Waals surface area contributed by atoms with Crippen molar-refractivity contribution in [3.8, 4) is 0 Å². The predicted molar refractivity (Wildman–Crippen MR) is 156 cm³/mol. The summed E-state index contributed by atoms with van der Waals surface area (Å²) in [7, 11) is 2.18. The molecule has 4 heterocycles. The minimum absolute atomic E-state index is 0.0514. The number of nitrogens with two attached hydrogens (primary N) is 1. The lowest BCUT2D eigenvalue weighted by Crippen LogP contribution is -2.53. The first kappa shape index (κ1) is 28.5. The van der Waals surface area contributed by atoms with Crippen LogP contribution in [0.15, 0.2) is 18.2 Å². The van der Waals surface area contributed by atoms with Gasteiger partial charge in [-0.2, -0.15) is 0 Å². The van der Waals surface area contributed by atoms with Crippen molar-refractivity contribution in [2.45, 2.75) is 57.5 Å². The van der Waals surface area contributed by atoms with Crippen LogP contribution >= 0.6 is 0 Å². The fourth-order valence-electron chi connectivity index (χ4n) is 5.96. The molecule has 5 rings (SSSR count). The van der Waals surface area contributed by atoms with E-state index in [2.05, 4.69) is 44.3 Å². The molecule has 3 aliphatic rings. The van der Waals surface area contributed by atoms with Crippen molar-refractivity contribution in [1.29, 1.82) is 0 Å². The van der Waals surface area contributed by atoms with Crippen LogP contribution in [0.5, 0.6) is 0 Å². The first-order valence-corrected chi connectivity index (χ1v) is 14.7. The third kappa shape index (κ3) is 6.82. The molecule has 11 heteroatoms. The second-order valence-corrected chi connectivity index (χ2v) is 11.2. The third-order valence-corrected chi connectivity index (χ3v) is 8.32. The Morgan fingerprint density at radius 2 is 1.77 bits per heavy atom. The summed E-state index contributed by atoms with van der Waals surface area (Å²) in [5.74, 6) is -0.138. The summed E-state index contributed by atoms with van der Waals surface area (Å²) in [5.41, 5.74) is 7.52. The van der Waals surface area contributed by atoms with Gasteiger partial charge in [-0.25, -0.2) is 14.4 Å². The first-order valence-electron chi connectivity index (χ1n) is 14.7. The van der Waals surface area contributed by atoms with Gasteiger partial charge in [-0.15, -0.1) is 0 Å². The van der Waals surface area contributed by atoms with Gasteiger partial charge in [0.05, 0.1) is 11.4 Å². The zero-order chi connectivity index (χ0) is 28.1. The van der Waals surface area contributed by atoms with E-state index in [4.69, 9.17) is 15.5 Å². The number of halogens is 1. The molecule has 0 saturated carbocycles. The average molecular weight is 555 g/mol. The molecule has 0 radical (unpaired) electrons. The van der Waals surface area contributed by atoms with Gasteiger partial charge in [0.15, 0.2) is 17.3 Å². The van der Waals surface area contributed by atoms with Crippen LogP contribution in [-0.2, 0) is 11.2 Å². The Hall–Kier alpha value is -3.02. The molecule has 3 aliphatic heterocycles. The van der Waals surface area contributed by atoms with E-state index in [0.717, 1.165) is 58.5 Å². The molecule has 218 valence electrons. The van der Waals surface area contributed by atoms with Gasteiger partial charge in [0.2, 0.25) is 0 Å². The van der Waals surface area contributed by atoms with Crippen LogP contribution in [0, 0.1) is 5.82 Å². The summed E-state index contributed by atoms with van der Waals surface area (Å²) in [6.45, 7) is 9.20. The molecule has 0 aliphatic carbocycles. The molecule has 10 nitrogen and oxygen atoms in total. The SMILES string of the molecule is CCCc1nc(C(N)=O)c(Nc2ccc(N3CCN(C4CCN(C)CC4)CC3)c(F)c2)nc1NC1CCOCC1. The molecule has 3 fully saturated rings. The van der Waals surface area contributed by atoms with Crippen LogP contribution in [-0.4, -0.2) is 97.3 Å². The maximum Gasteiger partial charge on any atom is 0.271 e. The molecule has 4 N–H and O–H groups in total. The number of anilines is 4. The lowest BCUT2D eigenvalue weighted by atomic mass is 10.0. The molecular formula is C29H43FN8O2. The number of nitrogens with zero attached hydrogens (tertiary/aromatic N) is 5. The van der Waals surface area contributed by atoms with Crippen molar-refractivity contribution in [2.24, 2.45) is 5.73 Å². The Morgan fingerprint density at radius 1 is 1.05 bits per heavy atom. The van der Waals surface area contributed by atoms with E-state index in [0.29, 0.717) is 48.6 Å². The Kier molecular flexibility index (Phi) is 9.33. The van der Waals surface area contributed by atoms with Gasteiger partial charge in [-0.3, -0.25) is 9.69 Å². The van der Waals surface area contributed by atoms with Gasteiger partial charge >= 0.3 is 0 Å². The lowest BCUT2D eigenvalue weighted by Gasteiger charge is -2.42. The fourth-order valence-corrected chi connectivity index (χ4v) is 5.96. The summed E-state index contributed by atoms with van der Waals surface area (Å²) in [6.07, 6.45) is 5.65. The Bertz CT molecular complexity index is 1160. The highest BCUT2D eigenvalue weighted by molar-refractivity contribution is 5.96. The Labute approximate surface area is 236 Å². The number of carbonyl (C=O) groups is 1. The summed E-state index contributed by atoms with van der Waals surface area (Å²) in [5, 5.41) is 6.60. The Balaban J connectivity index is 1.29. The number of aromatic nitrogens is 2. The summed E-state index contributed by atoms with van der Waals surface area (Å²) in [6, 6.07) is 5.91. The molecule has 3 saturated heterocycles. The number of primary amides is 1. The molecule has 1 aromatic carbocycles. The van der Waals surface area contributed by atoms with E-state index in [9.17, 15) is 4.79 Å². The molecule has 2 aromatic rings. The summed E-state index contributed by atoms with van der Waals surface area (Å²) in [4.78, 5) is 28.7. The highest BCUT2D eigenvalue weighted by Gasteiger charge is 2.27. The molecule has 0 spiro atoms. The zero-order valence-electron chi connectivity index (χ0n) is 23.8. The van der Waals surface area contributed by atoms with Crippen LogP contribution in [0.3, 0.4) is 0 Å². The second kappa shape index (κ2) is 13.1. The molecule has 0 unspecified atom stereocenters. The van der Waals surface area contributed by atoms with E-state index in [1.807, 2.05) is 6.07 Å². The maximum absolute atomic E-state index is 15.4. The number of benzene rings is 1. The quantitative estimate of drug-likeness (QED) is 0.430. The zero-order valence-corrected chi connectivity index (χ0v) is 23.8. The lowest BCUT2D eigenvalue weighted by molar-refractivity contribution is 0.0903. The number of hydrogen-bond donors (Lipinski definition) is 3. The van der Waals surface area contributed by atoms with Crippen molar-refractivity contribution in [1.82, 2.24) is 19.8 Å². The van der Waals surface area contributed by atoms with Gasteiger partial charge in [-0.05, 0) is 70.4 Å². The highest BCUT2D eigenvalue weighted by atomic mass is 19.1. The van der Waals surface area contributed by atoms with E-state index < -0.39 is 5.91 Å². The van der Waals surface area contributed by atoms with E-state index in [1.165, 1.54) is 18.9 Å². The standard InChI is InChI=1S/C29H43FN8O2/c1-3-4-24-28(32-20-9-17-40-18-10-20)35-29(26(34-24)27(31)39)33-21-5-6-25(23(30)19-21)38-15-13-37(14-16-38)22-7-11-36(2)12-8-22/h5-6,19-20,22H,3-4,7-18H2,1-2H3,(H2,31,39)(H2,32,33,35). The summed E-state index contributed by atoms with van der Waals surface area (Å²) >= 11 is 0. The number of carbonyl (C=O) groups excluding carboxylic acids is 1. The van der Waals surface area contributed by atoms with Gasteiger partial charge in [0.1, 0.15) is 5.82 Å². The van der Waals surface area contributed by atoms with Crippen molar-refractivity contribution >= 4 is 28.9 Å². The van der Waals surface area contributed by atoms with Crippen LogP contribution < -0.4 is 21.3 Å². The van der Waals surface area contributed by atoms with Crippen molar-refractivity contribution < 1.29 is 13.9 Å². The van der Waals surface area contributed by atoms with Gasteiger partial charge in [0, 0.05) is 57.2 Å². The number of likely N-dealkylation sites (tertiary alicyclic amines) is 1. The maximum atomic E-state index is 15.4. The van der Waals surface area contributed by atoms with Crippen LogP contribution in [0.4, 0.5) is 27.4 Å².